The second-order valence-electron chi connectivity index (χ2n) is 3.67. The molecule has 1 aromatic rings. The summed E-state index contributed by atoms with van der Waals surface area (Å²) >= 11 is 0. The van der Waals surface area contributed by atoms with E-state index < -0.39 is 6.61 Å². The molecule has 0 saturated carbocycles. The molecule has 1 heterocycles. The topological polar surface area (TPSA) is 29.5 Å². The van der Waals surface area contributed by atoms with E-state index in [9.17, 15) is 13.6 Å². The molecule has 0 atom stereocenters. The Hall–Kier alpha value is -1.65. The molecule has 1 aromatic carbocycles. The standard InChI is InChI=1S/C11H11F2NO2/c1-14-5-4-7-2-3-8(16-11(12)13)6-9(7)10(14)15/h2-3,6,11H,4-5H2,1H3. The van der Waals surface area contributed by atoms with E-state index in [4.69, 9.17) is 0 Å². The molecule has 0 unspecified atom stereocenters. The number of rotatable bonds is 2. The monoisotopic (exact) mass is 227 g/mol. The van der Waals surface area contributed by atoms with Gasteiger partial charge in [0, 0.05) is 19.2 Å². The molecule has 2 rings (SSSR count). The summed E-state index contributed by atoms with van der Waals surface area (Å²) in [6, 6.07) is 4.50. The summed E-state index contributed by atoms with van der Waals surface area (Å²) in [5, 5.41) is 0. The van der Waals surface area contributed by atoms with Crippen LogP contribution in [0.2, 0.25) is 0 Å². The van der Waals surface area contributed by atoms with Gasteiger partial charge in [-0.3, -0.25) is 4.79 Å². The van der Waals surface area contributed by atoms with Crippen molar-refractivity contribution < 1.29 is 18.3 Å². The van der Waals surface area contributed by atoms with E-state index in [0.717, 1.165) is 12.0 Å². The summed E-state index contributed by atoms with van der Waals surface area (Å²) in [7, 11) is 1.69. The van der Waals surface area contributed by atoms with Crippen molar-refractivity contribution in [2.75, 3.05) is 13.6 Å². The van der Waals surface area contributed by atoms with Crippen LogP contribution in [0.5, 0.6) is 5.75 Å². The number of hydrogen-bond acceptors (Lipinski definition) is 2. The second kappa shape index (κ2) is 4.08. The number of halogens is 2. The minimum Gasteiger partial charge on any atom is -0.435 e. The van der Waals surface area contributed by atoms with E-state index in [1.165, 1.54) is 12.1 Å². The van der Waals surface area contributed by atoms with Gasteiger partial charge in [0.25, 0.3) is 5.91 Å². The van der Waals surface area contributed by atoms with Crippen LogP contribution in [0.25, 0.3) is 0 Å². The Balaban J connectivity index is 2.33. The third kappa shape index (κ3) is 1.98. The van der Waals surface area contributed by atoms with Crippen molar-refractivity contribution in [1.82, 2.24) is 4.90 Å². The lowest BCUT2D eigenvalue weighted by Gasteiger charge is -2.25. The number of hydrogen-bond donors (Lipinski definition) is 0. The summed E-state index contributed by atoms with van der Waals surface area (Å²) in [5.74, 6) is -0.127. The van der Waals surface area contributed by atoms with Gasteiger partial charge in [0.1, 0.15) is 5.75 Å². The normalized spacial score (nSPS) is 15.2. The molecule has 0 fully saturated rings. The minimum atomic E-state index is -2.87. The lowest BCUT2D eigenvalue weighted by molar-refractivity contribution is -0.0499. The third-order valence-electron chi connectivity index (χ3n) is 2.60. The number of nitrogens with zero attached hydrogens (tertiary/aromatic N) is 1. The van der Waals surface area contributed by atoms with Gasteiger partial charge in [-0.05, 0) is 24.1 Å². The van der Waals surface area contributed by atoms with Crippen LogP contribution < -0.4 is 4.74 Å². The number of carbonyl (C=O) groups excluding carboxylic acids is 1. The molecule has 0 radical (unpaired) electrons. The maximum atomic E-state index is 12.0. The van der Waals surface area contributed by atoms with Crippen molar-refractivity contribution in [3.8, 4) is 5.75 Å². The molecule has 1 aliphatic rings. The zero-order valence-electron chi connectivity index (χ0n) is 8.74. The highest BCUT2D eigenvalue weighted by atomic mass is 19.3. The van der Waals surface area contributed by atoms with Crippen molar-refractivity contribution in [3.63, 3.8) is 0 Å². The first kappa shape index (κ1) is 10.9. The van der Waals surface area contributed by atoms with Gasteiger partial charge in [-0.2, -0.15) is 8.78 Å². The first-order chi connectivity index (χ1) is 7.58. The van der Waals surface area contributed by atoms with E-state index in [1.807, 2.05) is 0 Å². The highest BCUT2D eigenvalue weighted by Gasteiger charge is 2.22. The lowest BCUT2D eigenvalue weighted by Crippen LogP contribution is -2.34. The van der Waals surface area contributed by atoms with Crippen molar-refractivity contribution in [3.05, 3.63) is 29.3 Å². The Morgan fingerprint density at radius 3 is 2.88 bits per heavy atom. The molecule has 5 heteroatoms. The number of likely N-dealkylation sites (N-methyl/N-ethyl adjacent to an activating group) is 1. The molecule has 1 amide bonds. The first-order valence-electron chi connectivity index (χ1n) is 4.91. The quantitative estimate of drug-likeness (QED) is 0.772. The molecule has 0 aromatic heterocycles. The van der Waals surface area contributed by atoms with Crippen molar-refractivity contribution in [1.29, 1.82) is 0 Å². The van der Waals surface area contributed by atoms with Crippen molar-refractivity contribution >= 4 is 5.91 Å². The highest BCUT2D eigenvalue weighted by molar-refractivity contribution is 5.97. The largest absolute Gasteiger partial charge is 0.435 e. The maximum absolute atomic E-state index is 12.0. The van der Waals surface area contributed by atoms with Crippen LogP contribution in [-0.2, 0) is 6.42 Å². The molecule has 0 N–H and O–H groups in total. The predicted molar refractivity (Wildman–Crippen MR) is 53.7 cm³/mol. The van der Waals surface area contributed by atoms with Gasteiger partial charge in [-0.15, -0.1) is 0 Å². The summed E-state index contributed by atoms with van der Waals surface area (Å²) in [4.78, 5) is 13.3. The van der Waals surface area contributed by atoms with Crippen LogP contribution in [0, 0.1) is 0 Å². The Labute approximate surface area is 91.6 Å². The predicted octanol–water partition coefficient (Wildman–Crippen LogP) is 1.92. The maximum Gasteiger partial charge on any atom is 0.387 e. The molecule has 3 nitrogen and oxygen atoms in total. The van der Waals surface area contributed by atoms with Gasteiger partial charge in [-0.1, -0.05) is 6.07 Å². The SMILES string of the molecule is CN1CCc2ccc(OC(F)F)cc2C1=O. The fourth-order valence-corrected chi connectivity index (χ4v) is 1.74. The van der Waals surface area contributed by atoms with E-state index in [1.54, 1.807) is 18.0 Å². The first-order valence-corrected chi connectivity index (χ1v) is 4.91. The molecule has 86 valence electrons. The number of fused-ring (bicyclic) bond motifs is 1. The summed E-state index contributed by atoms with van der Waals surface area (Å²) < 4.78 is 28.3. The van der Waals surface area contributed by atoms with Crippen LogP contribution in [0.15, 0.2) is 18.2 Å². The van der Waals surface area contributed by atoms with Gasteiger partial charge in [-0.25, -0.2) is 0 Å². The highest BCUT2D eigenvalue weighted by Crippen LogP contribution is 2.24. The van der Waals surface area contributed by atoms with Crippen LogP contribution in [0.3, 0.4) is 0 Å². The number of alkyl halides is 2. The van der Waals surface area contributed by atoms with E-state index in [-0.39, 0.29) is 11.7 Å². The van der Waals surface area contributed by atoms with E-state index >= 15 is 0 Å². The number of carbonyl (C=O) groups is 1. The summed E-state index contributed by atoms with van der Waals surface area (Å²) in [6.45, 7) is -2.21. The van der Waals surface area contributed by atoms with Crippen LogP contribution in [-0.4, -0.2) is 31.0 Å². The molecule has 0 bridgehead atoms. The molecule has 0 saturated heterocycles. The fraction of sp³-hybridized carbons (Fsp3) is 0.364. The Bertz CT molecular complexity index is 420. The Morgan fingerprint density at radius 1 is 1.44 bits per heavy atom. The van der Waals surface area contributed by atoms with Crippen molar-refractivity contribution in [2.45, 2.75) is 13.0 Å². The zero-order chi connectivity index (χ0) is 11.7. The molecule has 16 heavy (non-hydrogen) atoms. The van der Waals surface area contributed by atoms with Gasteiger partial charge in [0.05, 0.1) is 0 Å². The summed E-state index contributed by atoms with van der Waals surface area (Å²) in [5.41, 5.74) is 1.33. The molecule has 1 aliphatic heterocycles. The van der Waals surface area contributed by atoms with Crippen LogP contribution in [0.1, 0.15) is 15.9 Å². The summed E-state index contributed by atoms with van der Waals surface area (Å²) in [6.07, 6.45) is 0.743. The minimum absolute atomic E-state index is 0.0254. The van der Waals surface area contributed by atoms with Crippen molar-refractivity contribution in [2.24, 2.45) is 0 Å². The molecule has 0 aliphatic carbocycles. The molecular formula is C11H11F2NO2. The third-order valence-corrected chi connectivity index (χ3v) is 2.60. The zero-order valence-corrected chi connectivity index (χ0v) is 8.74. The number of benzene rings is 1. The Kier molecular flexibility index (Phi) is 2.77. The van der Waals surface area contributed by atoms with Gasteiger partial charge >= 0.3 is 6.61 Å². The average Bonchev–Trinajstić information content (AvgIpc) is 2.23. The van der Waals surface area contributed by atoms with Gasteiger partial charge in [0.15, 0.2) is 0 Å². The molecule has 0 spiro atoms. The average molecular weight is 227 g/mol. The second-order valence-corrected chi connectivity index (χ2v) is 3.67. The van der Waals surface area contributed by atoms with E-state index in [0.29, 0.717) is 12.1 Å². The smallest absolute Gasteiger partial charge is 0.387 e. The lowest BCUT2D eigenvalue weighted by atomic mass is 9.99. The Morgan fingerprint density at radius 2 is 2.19 bits per heavy atom. The van der Waals surface area contributed by atoms with E-state index in [2.05, 4.69) is 4.74 Å². The number of amides is 1. The number of ether oxygens (including phenoxy) is 1. The molecular weight excluding hydrogens is 216 g/mol. The van der Waals surface area contributed by atoms with Gasteiger partial charge in [0.2, 0.25) is 0 Å². The van der Waals surface area contributed by atoms with Crippen LogP contribution in [0.4, 0.5) is 8.78 Å². The van der Waals surface area contributed by atoms with Crippen LogP contribution >= 0.6 is 0 Å². The fourth-order valence-electron chi connectivity index (χ4n) is 1.74. The van der Waals surface area contributed by atoms with Gasteiger partial charge < -0.3 is 9.64 Å².